The molecular formula is C30H33N5O22S6. The summed E-state index contributed by atoms with van der Waals surface area (Å²) in [4.78, 5) is -1.94. The number of methoxy groups -OCH3 is 3. The molecular weight excluding hydrogens is 975 g/mol. The Morgan fingerprint density at radius 3 is 1.81 bits per heavy atom. The van der Waals surface area contributed by atoms with Crippen molar-refractivity contribution in [2.45, 2.75) is 26.5 Å². The fraction of sp³-hybridized carbons (Fsp3) is 0.267. The van der Waals surface area contributed by atoms with Crippen LogP contribution in [0.1, 0.15) is 5.56 Å². The molecule has 346 valence electrons. The zero-order valence-corrected chi connectivity index (χ0v) is 37.2. The van der Waals surface area contributed by atoms with Crippen molar-refractivity contribution >= 4 is 104 Å². The third-order valence-electron chi connectivity index (χ3n) is 8.01. The maximum Gasteiger partial charge on any atom is 0.397 e. The summed E-state index contributed by atoms with van der Waals surface area (Å²) in [6.07, 6.45) is 0. The van der Waals surface area contributed by atoms with E-state index >= 15 is 0 Å². The SMILES string of the molecule is COc1cc(S(=O)(=O)CCOS(=O)(=O)O)c(C)cc1N=Nc1cc(S(=O)(=O)O)c2cc(SOOO)c(N=Nc3cc(OC)c(S(=O)(=O)CCOSOOO)cc3OC)c(O)c2c1N. The number of rotatable bonds is 23. The number of hydrogen-bond donors (Lipinski definition) is 6. The molecule has 0 saturated carbocycles. The summed E-state index contributed by atoms with van der Waals surface area (Å²) in [6, 6.07) is 6.13. The van der Waals surface area contributed by atoms with Crippen LogP contribution >= 0.6 is 24.4 Å². The van der Waals surface area contributed by atoms with Crippen molar-refractivity contribution in [1.29, 1.82) is 0 Å². The lowest BCUT2D eigenvalue weighted by Gasteiger charge is -2.15. The number of sulfone groups is 2. The maximum absolute atomic E-state index is 13.1. The average molecular weight is 1010 g/mol. The van der Waals surface area contributed by atoms with E-state index in [2.05, 4.69) is 43.4 Å². The molecule has 0 bridgehead atoms. The molecule has 63 heavy (non-hydrogen) atoms. The normalized spacial score (nSPS) is 12.8. The predicted molar refractivity (Wildman–Crippen MR) is 216 cm³/mol. The number of hydrogen-bond acceptors (Lipinski definition) is 27. The summed E-state index contributed by atoms with van der Waals surface area (Å²) < 4.78 is 152. The third-order valence-corrected chi connectivity index (χ3v) is 13.9. The minimum absolute atomic E-state index is 0.0459. The van der Waals surface area contributed by atoms with Crippen molar-refractivity contribution in [3.05, 3.63) is 42.0 Å². The van der Waals surface area contributed by atoms with Gasteiger partial charge in [-0.1, -0.05) is 10.1 Å². The van der Waals surface area contributed by atoms with Gasteiger partial charge in [0.2, 0.25) is 0 Å². The summed E-state index contributed by atoms with van der Waals surface area (Å²) >= 11 is 0.328. The number of aryl methyl sites for hydroxylation is 1. The highest BCUT2D eigenvalue weighted by Gasteiger charge is 2.28. The molecule has 0 spiro atoms. The lowest BCUT2D eigenvalue weighted by Crippen LogP contribution is -2.16. The molecule has 4 aromatic rings. The van der Waals surface area contributed by atoms with Crippen molar-refractivity contribution < 1.29 is 99.7 Å². The summed E-state index contributed by atoms with van der Waals surface area (Å²) in [5.74, 6) is -3.09. The number of nitrogens with two attached hydrogens (primary N) is 1. The number of anilines is 1. The highest BCUT2D eigenvalue weighted by atomic mass is 32.3. The number of benzene rings is 4. The first-order valence-corrected chi connectivity index (χ1v) is 23.9. The number of phenols is 1. The van der Waals surface area contributed by atoms with Gasteiger partial charge in [0, 0.05) is 23.6 Å². The van der Waals surface area contributed by atoms with Crippen molar-refractivity contribution in [3.63, 3.8) is 0 Å². The molecule has 0 aliphatic carbocycles. The summed E-state index contributed by atoms with van der Waals surface area (Å²) in [5.41, 5.74) is 4.57. The Kier molecular flexibility index (Phi) is 17.4. The Morgan fingerprint density at radius 1 is 0.667 bits per heavy atom. The number of ether oxygens (including phenoxy) is 3. The quantitative estimate of drug-likeness (QED) is 0.0104. The largest absolute Gasteiger partial charge is 0.505 e. The fourth-order valence-corrected chi connectivity index (χ4v) is 9.84. The van der Waals surface area contributed by atoms with Gasteiger partial charge >= 0.3 is 10.4 Å². The molecule has 0 radical (unpaired) electrons. The van der Waals surface area contributed by atoms with Crippen molar-refractivity contribution in [2.24, 2.45) is 20.5 Å². The van der Waals surface area contributed by atoms with E-state index < -0.39 is 103 Å². The molecule has 7 N–H and O–H groups in total. The number of azo groups is 2. The van der Waals surface area contributed by atoms with Crippen LogP contribution < -0.4 is 19.9 Å². The van der Waals surface area contributed by atoms with Gasteiger partial charge in [-0.05, 0) is 30.7 Å². The molecule has 0 aromatic heterocycles. The highest BCUT2D eigenvalue weighted by Crippen LogP contribution is 2.50. The Labute approximate surface area is 365 Å². The number of nitrogen functional groups attached to an aromatic ring is 1. The number of nitrogens with zero attached hydrogens (tertiary/aromatic N) is 4. The van der Waals surface area contributed by atoms with Crippen LogP contribution in [0.3, 0.4) is 0 Å². The van der Waals surface area contributed by atoms with Gasteiger partial charge in [-0.2, -0.15) is 16.8 Å². The highest BCUT2D eigenvalue weighted by molar-refractivity contribution is 7.94. The Bertz CT molecular complexity index is 2860. The van der Waals surface area contributed by atoms with E-state index in [1.807, 2.05) is 0 Å². The topological polar surface area (TPSA) is 396 Å². The molecule has 0 fully saturated rings. The van der Waals surface area contributed by atoms with Gasteiger partial charge < -0.3 is 25.1 Å². The zero-order valence-electron chi connectivity index (χ0n) is 32.3. The van der Waals surface area contributed by atoms with E-state index in [-0.39, 0.29) is 73.2 Å². The second kappa shape index (κ2) is 21.4. The first-order chi connectivity index (χ1) is 29.5. The van der Waals surface area contributed by atoms with Gasteiger partial charge in [0.25, 0.3) is 10.1 Å². The van der Waals surface area contributed by atoms with Crippen LogP contribution in [0.15, 0.2) is 76.4 Å². The molecule has 4 rings (SSSR count). The van der Waals surface area contributed by atoms with Crippen molar-refractivity contribution in [2.75, 3.05) is 51.8 Å². The summed E-state index contributed by atoms with van der Waals surface area (Å²) in [6.45, 7) is -0.00871. The van der Waals surface area contributed by atoms with E-state index in [0.29, 0.717) is 0 Å². The molecule has 0 heterocycles. The lowest BCUT2D eigenvalue weighted by atomic mass is 10.0. The van der Waals surface area contributed by atoms with Gasteiger partial charge in [0.05, 0.1) is 79.0 Å². The Morgan fingerprint density at radius 2 is 1.22 bits per heavy atom. The second-order valence-corrected chi connectivity index (χ2v) is 19.7. The molecule has 0 saturated heterocycles. The Balaban J connectivity index is 1.88. The molecule has 0 aliphatic rings. The minimum atomic E-state index is -5.19. The van der Waals surface area contributed by atoms with Crippen LogP contribution in [-0.4, -0.2) is 104 Å². The van der Waals surface area contributed by atoms with Gasteiger partial charge in [-0.15, -0.1) is 29.1 Å². The van der Waals surface area contributed by atoms with Gasteiger partial charge in [0.1, 0.15) is 49.8 Å². The molecule has 0 aliphatic heterocycles. The molecule has 0 atom stereocenters. The smallest absolute Gasteiger partial charge is 0.397 e. The van der Waals surface area contributed by atoms with E-state index in [0.717, 1.165) is 51.7 Å². The fourth-order valence-electron chi connectivity index (χ4n) is 5.31. The summed E-state index contributed by atoms with van der Waals surface area (Å²) in [7, 11) is -15.1. The van der Waals surface area contributed by atoms with Crippen LogP contribution in [0.2, 0.25) is 0 Å². The molecule has 33 heteroatoms. The van der Waals surface area contributed by atoms with Gasteiger partial charge in [-0.25, -0.2) is 31.5 Å². The van der Waals surface area contributed by atoms with E-state index in [9.17, 15) is 43.3 Å². The first kappa shape index (κ1) is 51.1. The van der Waals surface area contributed by atoms with Gasteiger partial charge in [-0.3, -0.25) is 13.3 Å². The van der Waals surface area contributed by atoms with Crippen LogP contribution in [-0.2, 0) is 67.3 Å². The van der Waals surface area contributed by atoms with Crippen molar-refractivity contribution in [1.82, 2.24) is 0 Å². The van der Waals surface area contributed by atoms with Crippen LogP contribution in [0.5, 0.6) is 23.0 Å². The molecule has 0 amide bonds. The number of phenolic OH excluding ortho intramolecular Hbond substituents is 1. The second-order valence-electron chi connectivity index (χ2n) is 11.8. The zero-order chi connectivity index (χ0) is 46.9. The van der Waals surface area contributed by atoms with Crippen LogP contribution in [0.4, 0.5) is 28.4 Å². The van der Waals surface area contributed by atoms with E-state index in [1.54, 1.807) is 0 Å². The van der Waals surface area contributed by atoms with Crippen molar-refractivity contribution in [3.8, 4) is 23.0 Å². The third kappa shape index (κ3) is 12.8. The molecule has 27 nitrogen and oxygen atoms in total. The predicted octanol–water partition coefficient (Wildman–Crippen LogP) is 5.34. The Hall–Kier alpha value is -4.56. The number of fused-ring (bicyclic) bond motifs is 1. The summed E-state index contributed by atoms with van der Waals surface area (Å²) in [5, 5.41) is 50.8. The van der Waals surface area contributed by atoms with E-state index in [1.165, 1.54) is 13.0 Å². The van der Waals surface area contributed by atoms with Crippen LogP contribution in [0.25, 0.3) is 10.8 Å². The molecule has 0 unspecified atom stereocenters. The van der Waals surface area contributed by atoms with Gasteiger partial charge in [0.15, 0.2) is 37.7 Å². The standard InChI is InChI=1S/C30H33N5O22S6/c1-15-9-17(20(49-2)13-24(15)60(39,40)8-6-53-63(46,47)48)32-34-19-12-25(62(43,44)45)16-10-23(58-56-54-37)29(30(36)27(16)28(19)31)35-33-18-11-22(51-4)26(14-21(18)50-3)61(41,42)7-5-52-59-57-55-38/h9-14,36-38H,5-8,31H2,1-4H3,(H,43,44,45)(H,46,47,48). The lowest BCUT2D eigenvalue weighted by molar-refractivity contribution is -0.434. The maximum atomic E-state index is 13.1. The minimum Gasteiger partial charge on any atom is -0.505 e. The average Bonchev–Trinajstić information content (AvgIpc) is 3.20. The first-order valence-electron chi connectivity index (χ1n) is 16.4. The monoisotopic (exact) mass is 1010 g/mol. The van der Waals surface area contributed by atoms with E-state index in [4.69, 9.17) is 39.2 Å². The van der Waals surface area contributed by atoms with Crippen LogP contribution in [0, 0.1) is 6.92 Å². The number of aromatic hydroxyl groups is 1. The molecule has 4 aromatic carbocycles.